The van der Waals surface area contributed by atoms with Gasteiger partial charge >= 0.3 is 0 Å². The van der Waals surface area contributed by atoms with Gasteiger partial charge in [-0.15, -0.1) is 0 Å². The van der Waals surface area contributed by atoms with Crippen LogP contribution in [0, 0.1) is 6.92 Å². The summed E-state index contributed by atoms with van der Waals surface area (Å²) in [6.45, 7) is 1.83. The first kappa shape index (κ1) is 14.2. The van der Waals surface area contributed by atoms with Gasteiger partial charge in [-0.2, -0.15) is 0 Å². The predicted octanol–water partition coefficient (Wildman–Crippen LogP) is 1.99. The number of aryl methyl sites for hydroxylation is 1. The average molecular weight is 297 g/mol. The molecule has 0 fully saturated rings. The Labute approximate surface area is 126 Å². The van der Waals surface area contributed by atoms with E-state index in [2.05, 4.69) is 15.3 Å². The molecule has 1 aromatic carbocycles. The van der Waals surface area contributed by atoms with Gasteiger partial charge in [-0.1, -0.05) is 12.1 Å². The van der Waals surface area contributed by atoms with Gasteiger partial charge in [0.1, 0.15) is 23.3 Å². The molecule has 0 aliphatic heterocycles. The molecule has 6 nitrogen and oxygen atoms in total. The molecule has 1 atom stereocenters. The van der Waals surface area contributed by atoms with Crippen molar-refractivity contribution >= 4 is 16.9 Å². The molecule has 1 unspecified atom stereocenters. The van der Waals surface area contributed by atoms with E-state index in [-0.39, 0.29) is 18.1 Å². The highest BCUT2D eigenvalue weighted by molar-refractivity contribution is 5.93. The van der Waals surface area contributed by atoms with E-state index in [1.807, 2.05) is 18.2 Å². The van der Waals surface area contributed by atoms with E-state index in [4.69, 9.17) is 4.42 Å². The number of nitrogens with zero attached hydrogens (tertiary/aromatic N) is 2. The number of hydrogen-bond acceptors (Lipinski definition) is 5. The van der Waals surface area contributed by atoms with Gasteiger partial charge in [0, 0.05) is 0 Å². The molecule has 112 valence electrons. The molecule has 0 aliphatic rings. The third-order valence-corrected chi connectivity index (χ3v) is 3.23. The summed E-state index contributed by atoms with van der Waals surface area (Å²) in [5, 5.41) is 12.6. The Hall–Kier alpha value is -2.73. The van der Waals surface area contributed by atoms with Gasteiger partial charge in [0.25, 0.3) is 5.91 Å². The molecule has 0 saturated heterocycles. The minimum Gasteiger partial charge on any atom is -0.464 e. The van der Waals surface area contributed by atoms with Crippen LogP contribution in [0.3, 0.4) is 0 Å². The Morgan fingerprint density at radius 1 is 1.27 bits per heavy atom. The summed E-state index contributed by atoms with van der Waals surface area (Å²) in [6.07, 6.45) is 0.521. The number of carbonyl (C=O) groups is 1. The van der Waals surface area contributed by atoms with Gasteiger partial charge in [0.15, 0.2) is 0 Å². The summed E-state index contributed by atoms with van der Waals surface area (Å²) in [7, 11) is 0. The third-order valence-electron chi connectivity index (χ3n) is 3.23. The number of nitrogens with one attached hydrogen (secondary N) is 1. The van der Waals surface area contributed by atoms with Crippen molar-refractivity contribution in [2.75, 3.05) is 6.54 Å². The fourth-order valence-electron chi connectivity index (χ4n) is 2.08. The summed E-state index contributed by atoms with van der Waals surface area (Å²) >= 11 is 0. The first-order chi connectivity index (χ1) is 10.6. The van der Waals surface area contributed by atoms with Crippen LogP contribution in [-0.2, 0) is 0 Å². The zero-order valence-corrected chi connectivity index (χ0v) is 12.0. The van der Waals surface area contributed by atoms with Crippen molar-refractivity contribution in [3.05, 3.63) is 59.8 Å². The molecule has 6 heteroatoms. The van der Waals surface area contributed by atoms with Crippen LogP contribution in [0.15, 0.2) is 47.0 Å². The lowest BCUT2D eigenvalue weighted by Gasteiger charge is -2.09. The number of aliphatic hydroxyl groups excluding tert-OH is 1. The van der Waals surface area contributed by atoms with Gasteiger partial charge in [-0.25, -0.2) is 4.98 Å². The molecular formula is C16H15N3O3. The van der Waals surface area contributed by atoms with E-state index in [0.717, 1.165) is 5.52 Å². The molecule has 0 aliphatic carbocycles. The summed E-state index contributed by atoms with van der Waals surface area (Å²) < 4.78 is 5.31. The van der Waals surface area contributed by atoms with E-state index in [0.29, 0.717) is 17.0 Å². The molecule has 3 rings (SSSR count). The van der Waals surface area contributed by atoms with Crippen molar-refractivity contribution in [2.24, 2.45) is 0 Å². The van der Waals surface area contributed by atoms with Crippen LogP contribution < -0.4 is 5.32 Å². The number of rotatable bonds is 4. The molecule has 2 heterocycles. The second kappa shape index (κ2) is 5.95. The van der Waals surface area contributed by atoms with Crippen LogP contribution in [0.4, 0.5) is 0 Å². The largest absolute Gasteiger partial charge is 0.464 e. The number of amides is 1. The monoisotopic (exact) mass is 297 g/mol. The highest BCUT2D eigenvalue weighted by Crippen LogP contribution is 2.15. The lowest BCUT2D eigenvalue weighted by Crippen LogP contribution is -2.29. The van der Waals surface area contributed by atoms with E-state index >= 15 is 0 Å². The van der Waals surface area contributed by atoms with Crippen LogP contribution in [0.2, 0.25) is 0 Å². The SMILES string of the molecule is Cc1ccc(C(O)CNC(=O)c2cnc3ccccc3n2)o1. The molecular weight excluding hydrogens is 282 g/mol. The van der Waals surface area contributed by atoms with Gasteiger partial charge in [0.05, 0.1) is 23.8 Å². The Bertz CT molecular complexity index is 813. The van der Waals surface area contributed by atoms with E-state index in [1.165, 1.54) is 6.20 Å². The topological polar surface area (TPSA) is 88.2 Å². The maximum atomic E-state index is 12.1. The first-order valence-electron chi connectivity index (χ1n) is 6.88. The third kappa shape index (κ3) is 2.96. The van der Waals surface area contributed by atoms with Gasteiger partial charge in [-0.05, 0) is 31.2 Å². The summed E-state index contributed by atoms with van der Waals surface area (Å²) in [4.78, 5) is 20.5. The summed E-state index contributed by atoms with van der Waals surface area (Å²) in [6, 6.07) is 10.8. The smallest absolute Gasteiger partial charge is 0.271 e. The zero-order valence-electron chi connectivity index (χ0n) is 12.0. The quantitative estimate of drug-likeness (QED) is 0.769. The highest BCUT2D eigenvalue weighted by Gasteiger charge is 2.15. The van der Waals surface area contributed by atoms with Crippen molar-refractivity contribution in [3.63, 3.8) is 0 Å². The molecule has 0 bridgehead atoms. The fraction of sp³-hybridized carbons (Fsp3) is 0.188. The zero-order chi connectivity index (χ0) is 15.5. The van der Waals surface area contributed by atoms with E-state index < -0.39 is 6.10 Å². The van der Waals surface area contributed by atoms with E-state index in [9.17, 15) is 9.90 Å². The number of benzene rings is 1. The highest BCUT2D eigenvalue weighted by atomic mass is 16.4. The van der Waals surface area contributed by atoms with Crippen LogP contribution in [0.25, 0.3) is 11.0 Å². The Morgan fingerprint density at radius 3 is 2.77 bits per heavy atom. The van der Waals surface area contributed by atoms with Crippen LogP contribution in [0.1, 0.15) is 28.1 Å². The Kier molecular flexibility index (Phi) is 3.84. The maximum Gasteiger partial charge on any atom is 0.271 e. The maximum absolute atomic E-state index is 12.1. The minimum absolute atomic E-state index is 0.0420. The normalized spacial score (nSPS) is 12.3. The molecule has 2 aromatic heterocycles. The van der Waals surface area contributed by atoms with Crippen molar-refractivity contribution in [3.8, 4) is 0 Å². The lowest BCUT2D eigenvalue weighted by atomic mass is 10.2. The standard InChI is InChI=1S/C16H15N3O3/c1-10-6-7-15(22-10)14(20)9-18-16(21)13-8-17-11-4-2-3-5-12(11)19-13/h2-8,14,20H,9H2,1H3,(H,18,21). The number of para-hydroxylation sites is 2. The number of aliphatic hydroxyl groups is 1. The number of fused-ring (bicyclic) bond motifs is 1. The predicted molar refractivity (Wildman–Crippen MR) is 80.3 cm³/mol. The minimum atomic E-state index is -0.897. The van der Waals surface area contributed by atoms with Gasteiger partial charge < -0.3 is 14.8 Å². The molecule has 1 amide bonds. The van der Waals surface area contributed by atoms with Gasteiger partial charge in [0.2, 0.25) is 0 Å². The number of furan rings is 1. The molecule has 22 heavy (non-hydrogen) atoms. The molecule has 0 radical (unpaired) electrons. The number of aromatic nitrogens is 2. The second-order valence-electron chi connectivity index (χ2n) is 4.92. The van der Waals surface area contributed by atoms with Crippen LogP contribution >= 0.6 is 0 Å². The number of carbonyl (C=O) groups excluding carboxylic acids is 1. The van der Waals surface area contributed by atoms with Crippen molar-refractivity contribution < 1.29 is 14.3 Å². The first-order valence-corrected chi connectivity index (χ1v) is 6.88. The summed E-state index contributed by atoms with van der Waals surface area (Å²) in [5.74, 6) is 0.740. The lowest BCUT2D eigenvalue weighted by molar-refractivity contribution is 0.0895. The molecule has 2 N–H and O–H groups in total. The second-order valence-corrected chi connectivity index (χ2v) is 4.92. The number of hydrogen-bond donors (Lipinski definition) is 2. The van der Waals surface area contributed by atoms with Crippen LogP contribution in [-0.4, -0.2) is 27.5 Å². The Morgan fingerprint density at radius 2 is 2.05 bits per heavy atom. The van der Waals surface area contributed by atoms with Gasteiger partial charge in [-0.3, -0.25) is 9.78 Å². The fourth-order valence-corrected chi connectivity index (χ4v) is 2.08. The average Bonchev–Trinajstić information content (AvgIpc) is 2.98. The van der Waals surface area contributed by atoms with Crippen molar-refractivity contribution in [1.29, 1.82) is 0 Å². The van der Waals surface area contributed by atoms with Crippen LogP contribution in [0.5, 0.6) is 0 Å². The van der Waals surface area contributed by atoms with E-state index in [1.54, 1.807) is 25.1 Å². The molecule has 0 spiro atoms. The van der Waals surface area contributed by atoms with Crippen molar-refractivity contribution in [1.82, 2.24) is 15.3 Å². The molecule has 3 aromatic rings. The summed E-state index contributed by atoms with van der Waals surface area (Å²) in [5.41, 5.74) is 1.59. The van der Waals surface area contributed by atoms with Crippen molar-refractivity contribution in [2.45, 2.75) is 13.0 Å². The Balaban J connectivity index is 1.68. The molecule has 0 saturated carbocycles.